The summed E-state index contributed by atoms with van der Waals surface area (Å²) in [6.45, 7) is 13.5. The molecule has 3 aliphatic carbocycles. The summed E-state index contributed by atoms with van der Waals surface area (Å²) in [6.07, 6.45) is -2.64. The van der Waals surface area contributed by atoms with E-state index in [4.69, 9.17) is 0 Å². The molecule has 0 spiro atoms. The number of aliphatic hydroxyl groups is 4. The monoisotopic (exact) mass is 636 g/mol. The Labute approximate surface area is 257 Å². The van der Waals surface area contributed by atoms with E-state index < -0.39 is 46.6 Å². The standard InChI is InChI=1S/C34H50F6O4/c1-22-24(20-25(41)21-27(22)42)12-11-23-10-7-17-30(5)26(23)13-19-31(30,6)29(4,15-8-14-28(2,3)43)16-9-18-32(44,33(35,36)37)34(38,39)40/h9,11-12,18,25-27,41-44H,1,7-8,10,13-17,19-21H2,2-6H3/b18-9-,23-11+,24-12-/t25-,26?,27+,29-,30+,31-/m1/s1. The first-order chi connectivity index (χ1) is 19.9. The molecule has 3 rings (SSSR count). The Bertz CT molecular complexity index is 1130. The highest BCUT2D eigenvalue weighted by molar-refractivity contribution is 5.39. The van der Waals surface area contributed by atoms with Crippen molar-refractivity contribution in [2.45, 2.75) is 141 Å². The second kappa shape index (κ2) is 12.5. The Morgan fingerprint density at radius 1 is 0.932 bits per heavy atom. The van der Waals surface area contributed by atoms with Crippen LogP contribution < -0.4 is 0 Å². The molecule has 3 aliphatic rings. The van der Waals surface area contributed by atoms with Crippen LogP contribution in [0.15, 0.2) is 47.6 Å². The summed E-state index contributed by atoms with van der Waals surface area (Å²) in [4.78, 5) is 0. The van der Waals surface area contributed by atoms with Crippen LogP contribution in [0.2, 0.25) is 0 Å². The number of rotatable bonds is 9. The first kappa shape index (κ1) is 36.8. The van der Waals surface area contributed by atoms with Gasteiger partial charge < -0.3 is 20.4 Å². The quantitative estimate of drug-likeness (QED) is 0.152. The molecule has 0 radical (unpaired) electrons. The first-order valence-electron chi connectivity index (χ1n) is 15.6. The maximum atomic E-state index is 13.4. The Balaban J connectivity index is 2.00. The number of aliphatic hydroxyl groups excluding tert-OH is 2. The van der Waals surface area contributed by atoms with E-state index in [2.05, 4.69) is 26.5 Å². The van der Waals surface area contributed by atoms with Gasteiger partial charge in [-0.05, 0) is 111 Å². The van der Waals surface area contributed by atoms with Gasteiger partial charge in [0.1, 0.15) is 0 Å². The van der Waals surface area contributed by atoms with E-state index in [-0.39, 0.29) is 30.3 Å². The van der Waals surface area contributed by atoms with Crippen LogP contribution in [0.1, 0.15) is 105 Å². The molecule has 10 heteroatoms. The minimum atomic E-state index is -5.93. The van der Waals surface area contributed by atoms with Crippen molar-refractivity contribution in [2.24, 2.45) is 22.2 Å². The number of alkyl halides is 6. The second-order valence-corrected chi connectivity index (χ2v) is 14.9. The third-order valence-electron chi connectivity index (χ3n) is 11.5. The largest absolute Gasteiger partial charge is 0.429 e. The van der Waals surface area contributed by atoms with Crippen molar-refractivity contribution in [1.29, 1.82) is 0 Å². The van der Waals surface area contributed by atoms with Crippen molar-refractivity contribution < 1.29 is 46.8 Å². The SMILES string of the molecule is C=C1/C(=C\C=C2/CCC[C@@]3(C)C2CC[C@]3(C)[C@@](C)(C/C=C\C(O)(C(F)(F)F)C(F)(F)F)CCCC(C)(C)O)C[C@@H](O)C[C@@H]1O. The molecule has 3 saturated carbocycles. The summed E-state index contributed by atoms with van der Waals surface area (Å²) >= 11 is 0. The van der Waals surface area contributed by atoms with Crippen LogP contribution in [0.3, 0.4) is 0 Å². The highest BCUT2D eigenvalue weighted by atomic mass is 19.4. The second-order valence-electron chi connectivity index (χ2n) is 14.9. The van der Waals surface area contributed by atoms with Crippen LogP contribution in [0.4, 0.5) is 26.3 Å². The Kier molecular flexibility index (Phi) is 10.5. The molecule has 0 amide bonds. The number of allylic oxidation sites excluding steroid dienone is 4. The Hall–Kier alpha value is -1.62. The predicted molar refractivity (Wildman–Crippen MR) is 158 cm³/mol. The van der Waals surface area contributed by atoms with E-state index in [1.165, 1.54) is 5.57 Å². The third kappa shape index (κ3) is 7.03. The summed E-state index contributed by atoms with van der Waals surface area (Å²) in [5, 5.41) is 40.5. The minimum absolute atomic E-state index is 0.106. The number of hydrogen-bond acceptors (Lipinski definition) is 4. The van der Waals surface area contributed by atoms with Crippen LogP contribution in [0.5, 0.6) is 0 Å². The maximum absolute atomic E-state index is 13.4. The van der Waals surface area contributed by atoms with Gasteiger partial charge in [-0.25, -0.2) is 0 Å². The van der Waals surface area contributed by atoms with E-state index in [0.29, 0.717) is 37.7 Å². The van der Waals surface area contributed by atoms with Crippen molar-refractivity contribution in [3.63, 3.8) is 0 Å². The summed E-state index contributed by atoms with van der Waals surface area (Å²) < 4.78 is 80.6. The van der Waals surface area contributed by atoms with Gasteiger partial charge >= 0.3 is 12.4 Å². The highest BCUT2D eigenvalue weighted by Gasteiger charge is 2.69. The van der Waals surface area contributed by atoms with E-state index in [1.807, 2.05) is 13.0 Å². The molecule has 4 nitrogen and oxygen atoms in total. The van der Waals surface area contributed by atoms with Crippen molar-refractivity contribution >= 4 is 0 Å². The van der Waals surface area contributed by atoms with Gasteiger partial charge in [-0.1, -0.05) is 57.6 Å². The topological polar surface area (TPSA) is 80.9 Å². The summed E-state index contributed by atoms with van der Waals surface area (Å²) in [7, 11) is 0. The van der Waals surface area contributed by atoms with Crippen molar-refractivity contribution in [2.75, 3.05) is 0 Å². The van der Waals surface area contributed by atoms with Crippen LogP contribution in [0, 0.1) is 22.2 Å². The smallest absolute Gasteiger partial charge is 0.393 e. The maximum Gasteiger partial charge on any atom is 0.429 e. The van der Waals surface area contributed by atoms with Crippen LogP contribution in [-0.4, -0.2) is 56.2 Å². The molecule has 0 aliphatic heterocycles. The van der Waals surface area contributed by atoms with Gasteiger partial charge in [0.05, 0.1) is 17.8 Å². The van der Waals surface area contributed by atoms with Crippen LogP contribution >= 0.6 is 0 Å². The van der Waals surface area contributed by atoms with Gasteiger partial charge in [-0.3, -0.25) is 0 Å². The van der Waals surface area contributed by atoms with Gasteiger partial charge in [0.15, 0.2) is 0 Å². The first-order valence-corrected chi connectivity index (χ1v) is 15.6. The fraction of sp³-hybridized carbons (Fsp3) is 0.765. The van der Waals surface area contributed by atoms with Gasteiger partial charge in [-0.2, -0.15) is 26.3 Å². The van der Waals surface area contributed by atoms with E-state index >= 15 is 0 Å². The lowest BCUT2D eigenvalue weighted by Gasteiger charge is -2.57. The van der Waals surface area contributed by atoms with Crippen molar-refractivity contribution in [3.8, 4) is 0 Å². The summed E-state index contributed by atoms with van der Waals surface area (Å²) in [5.74, 6) is 0.129. The molecule has 44 heavy (non-hydrogen) atoms. The molecule has 0 aromatic carbocycles. The van der Waals surface area contributed by atoms with Gasteiger partial charge in [0.25, 0.3) is 5.60 Å². The molecule has 0 saturated heterocycles. The molecule has 3 fully saturated rings. The molecule has 4 N–H and O–H groups in total. The predicted octanol–water partition coefficient (Wildman–Crippen LogP) is 8.27. The molecule has 6 atom stereocenters. The average Bonchev–Trinajstić information content (AvgIpc) is 3.15. The van der Waals surface area contributed by atoms with Crippen molar-refractivity contribution in [1.82, 2.24) is 0 Å². The van der Waals surface area contributed by atoms with E-state index in [9.17, 15) is 46.8 Å². The Morgan fingerprint density at radius 2 is 1.55 bits per heavy atom. The van der Waals surface area contributed by atoms with Gasteiger partial charge in [0.2, 0.25) is 0 Å². The Morgan fingerprint density at radius 3 is 2.11 bits per heavy atom. The summed E-state index contributed by atoms with van der Waals surface area (Å²) in [6, 6.07) is 0. The zero-order valence-corrected chi connectivity index (χ0v) is 26.6. The lowest BCUT2D eigenvalue weighted by molar-refractivity contribution is -0.347. The number of hydrogen-bond donors (Lipinski definition) is 4. The fourth-order valence-electron chi connectivity index (χ4n) is 8.31. The van der Waals surface area contributed by atoms with Crippen LogP contribution in [-0.2, 0) is 0 Å². The zero-order valence-electron chi connectivity index (χ0n) is 26.6. The van der Waals surface area contributed by atoms with E-state index in [0.717, 1.165) is 37.3 Å². The zero-order chi connectivity index (χ0) is 33.6. The highest BCUT2D eigenvalue weighted by Crippen LogP contribution is 2.71. The van der Waals surface area contributed by atoms with E-state index in [1.54, 1.807) is 13.8 Å². The number of halogens is 6. The lowest BCUT2D eigenvalue weighted by atomic mass is 9.47. The molecule has 0 aromatic rings. The third-order valence-corrected chi connectivity index (χ3v) is 11.5. The molecule has 252 valence electrons. The molecular weight excluding hydrogens is 586 g/mol. The minimum Gasteiger partial charge on any atom is -0.393 e. The fourth-order valence-corrected chi connectivity index (χ4v) is 8.31. The molecule has 0 aromatic heterocycles. The number of fused-ring (bicyclic) bond motifs is 1. The lowest BCUT2D eigenvalue weighted by Crippen LogP contribution is -2.55. The van der Waals surface area contributed by atoms with Gasteiger partial charge in [-0.15, -0.1) is 0 Å². The normalized spacial score (nSPS) is 34.2. The molecular formula is C34H50F6O4. The molecule has 0 bridgehead atoms. The average molecular weight is 637 g/mol. The van der Waals surface area contributed by atoms with Crippen LogP contribution in [0.25, 0.3) is 0 Å². The molecule has 1 unspecified atom stereocenters. The summed E-state index contributed by atoms with van der Waals surface area (Å²) in [5.41, 5.74) is -4.90. The van der Waals surface area contributed by atoms with Gasteiger partial charge in [0, 0.05) is 6.42 Å². The molecule has 0 heterocycles. The van der Waals surface area contributed by atoms with Crippen molar-refractivity contribution in [3.05, 3.63) is 47.6 Å².